The van der Waals surface area contributed by atoms with Crippen molar-refractivity contribution < 1.29 is 49.0 Å². The summed E-state index contributed by atoms with van der Waals surface area (Å²) in [6.45, 7) is 27.2. The fourth-order valence-electron chi connectivity index (χ4n) is 7.65. The summed E-state index contributed by atoms with van der Waals surface area (Å²) < 4.78 is 1.46. The van der Waals surface area contributed by atoms with Crippen molar-refractivity contribution in [3.63, 3.8) is 0 Å². The number of rotatable bonds is 2. The molecule has 0 saturated heterocycles. The number of hydrogen-bond acceptors (Lipinski definition) is 0. The van der Waals surface area contributed by atoms with Crippen LogP contribution in [0.3, 0.4) is 0 Å². The third-order valence-electron chi connectivity index (χ3n) is 9.89. The maximum atomic E-state index is 3.48. The van der Waals surface area contributed by atoms with E-state index in [1.807, 2.05) is 6.07 Å². The molecule has 0 aromatic heterocycles. The Hall–Kier alpha value is -2.18. The van der Waals surface area contributed by atoms with Crippen molar-refractivity contribution in [2.24, 2.45) is 11.3 Å². The Morgan fingerprint density at radius 2 is 1.27 bits per heavy atom. The van der Waals surface area contributed by atoms with Crippen LogP contribution >= 0.6 is 0 Å². The van der Waals surface area contributed by atoms with Gasteiger partial charge in [-0.05, 0) is 36.1 Å². The van der Waals surface area contributed by atoms with Crippen LogP contribution in [0.4, 0.5) is 0 Å². The van der Waals surface area contributed by atoms with Gasteiger partial charge in [0.25, 0.3) is 0 Å². The molecular weight excluding hydrogens is 703 g/mol. The van der Waals surface area contributed by atoms with Crippen LogP contribution in [0.15, 0.2) is 90.0 Å². The van der Waals surface area contributed by atoms with Crippen molar-refractivity contribution in [1.29, 1.82) is 0 Å². The Bertz CT molecular complexity index is 1860. The first-order valence-electron chi connectivity index (χ1n) is 17.0. The van der Waals surface area contributed by atoms with E-state index >= 15 is 0 Å². The normalized spacial score (nSPS) is 18.1. The quantitative estimate of drug-likeness (QED) is 0.202. The van der Waals surface area contributed by atoms with Crippen LogP contribution in [0.2, 0.25) is 0 Å². The van der Waals surface area contributed by atoms with Crippen molar-refractivity contribution in [1.82, 2.24) is 0 Å². The molecule has 3 aliphatic carbocycles. The zero-order valence-corrected chi connectivity index (χ0v) is 35.0. The summed E-state index contributed by atoms with van der Waals surface area (Å²) in [6.07, 6.45) is 11.8. The molecule has 0 nitrogen and oxygen atoms in total. The van der Waals surface area contributed by atoms with Gasteiger partial charge in [0.05, 0.1) is 0 Å². The summed E-state index contributed by atoms with van der Waals surface area (Å²) in [5.74, 6) is 0.522. The topological polar surface area (TPSA) is 0 Å². The van der Waals surface area contributed by atoms with Gasteiger partial charge in [-0.3, -0.25) is 6.08 Å². The van der Waals surface area contributed by atoms with Crippen LogP contribution in [-0.2, 0) is 35.1 Å². The van der Waals surface area contributed by atoms with Gasteiger partial charge in [0, 0.05) is 10.8 Å². The van der Waals surface area contributed by atoms with Crippen LogP contribution in [0.5, 0.6) is 0 Å². The van der Waals surface area contributed by atoms with E-state index in [0.29, 0.717) is 11.3 Å². The van der Waals surface area contributed by atoms with Crippen LogP contribution in [0.1, 0.15) is 117 Å². The molecule has 4 aromatic rings. The van der Waals surface area contributed by atoms with Gasteiger partial charge in [-0.25, -0.2) is 5.57 Å². The molecule has 0 N–H and O–H groups in total. The van der Waals surface area contributed by atoms with E-state index in [-0.39, 0.29) is 35.6 Å². The molecule has 252 valence electrons. The molecule has 0 heterocycles. The van der Waals surface area contributed by atoms with Gasteiger partial charge in [-0.15, -0.1) is 39.7 Å². The SMILES string of the molecule is CC1=CC(C)(C)c2cc3[cH-]c4cc5c(cc4c3cc21)C(C)=CC5(C)C.CCC1=[C-]C(C)C=C1C(C)(C)C.C[C](=[Zr+2])c1ccccc1.[Cl-].[Cl-]. The fourth-order valence-corrected chi connectivity index (χ4v) is 8.06. The predicted molar refractivity (Wildman–Crippen MR) is 200 cm³/mol. The van der Waals surface area contributed by atoms with E-state index < -0.39 is 0 Å². The summed E-state index contributed by atoms with van der Waals surface area (Å²) in [5, 5.41) is 5.57. The van der Waals surface area contributed by atoms with Crippen LogP contribution in [0, 0.1) is 17.4 Å². The maximum Gasteiger partial charge on any atom is -1.00 e. The second-order valence-electron chi connectivity index (χ2n) is 15.8. The minimum absolute atomic E-state index is 0. The number of fused-ring (bicyclic) bond motifs is 5. The van der Waals surface area contributed by atoms with E-state index in [9.17, 15) is 0 Å². The Kier molecular flexibility index (Phi) is 12.6. The van der Waals surface area contributed by atoms with E-state index in [0.717, 1.165) is 6.42 Å². The van der Waals surface area contributed by atoms with Crippen LogP contribution in [0.25, 0.3) is 32.7 Å². The van der Waals surface area contributed by atoms with E-state index in [1.165, 1.54) is 99.1 Å². The van der Waals surface area contributed by atoms with Gasteiger partial charge >= 0.3 is 70.3 Å². The van der Waals surface area contributed by atoms with Crippen LogP contribution in [-0.4, -0.2) is 3.21 Å². The average Bonchev–Trinajstić information content (AvgIpc) is 3.67. The molecule has 0 aliphatic heterocycles. The van der Waals surface area contributed by atoms with Crippen molar-refractivity contribution in [3.05, 3.63) is 124 Å². The average molecular weight is 755 g/mol. The van der Waals surface area contributed by atoms with Gasteiger partial charge in [-0.1, -0.05) is 115 Å². The molecule has 0 saturated carbocycles. The molecule has 48 heavy (non-hydrogen) atoms. The second kappa shape index (κ2) is 15.0. The summed E-state index contributed by atoms with van der Waals surface area (Å²) in [4.78, 5) is 0. The zero-order chi connectivity index (χ0) is 33.8. The van der Waals surface area contributed by atoms with Crippen molar-refractivity contribution in [2.75, 3.05) is 0 Å². The minimum atomic E-state index is 0. The van der Waals surface area contributed by atoms with E-state index in [1.54, 1.807) is 0 Å². The number of allylic oxidation sites excluding steroid dienone is 8. The van der Waals surface area contributed by atoms with Crippen LogP contribution < -0.4 is 24.8 Å². The molecule has 1 atom stereocenters. The first-order valence-corrected chi connectivity index (χ1v) is 18.2. The van der Waals surface area contributed by atoms with E-state index in [2.05, 4.69) is 162 Å². The van der Waals surface area contributed by atoms with Gasteiger partial charge < -0.3 is 24.8 Å². The Morgan fingerprint density at radius 3 is 1.62 bits per heavy atom. The van der Waals surface area contributed by atoms with Gasteiger partial charge in [-0.2, -0.15) is 11.6 Å². The van der Waals surface area contributed by atoms with Crippen molar-refractivity contribution in [2.45, 2.75) is 100 Å². The first kappa shape index (κ1) is 40.3. The summed E-state index contributed by atoms with van der Waals surface area (Å²) in [7, 11) is 0. The molecule has 3 heteroatoms. The fraction of sp³-hybridized carbons (Fsp3) is 0.378. The Morgan fingerprint density at radius 1 is 0.812 bits per heavy atom. The molecule has 1 unspecified atom stereocenters. The molecule has 0 radical (unpaired) electrons. The Labute approximate surface area is 318 Å². The maximum absolute atomic E-state index is 3.48. The summed E-state index contributed by atoms with van der Waals surface area (Å²) in [6, 6.07) is 22.6. The van der Waals surface area contributed by atoms with Crippen molar-refractivity contribution in [3.8, 4) is 0 Å². The predicted octanol–water partition coefficient (Wildman–Crippen LogP) is 6.63. The molecular formula is C45H52Cl2Zr-2. The monoisotopic (exact) mass is 752 g/mol. The zero-order valence-electron chi connectivity index (χ0n) is 31.0. The van der Waals surface area contributed by atoms with Gasteiger partial charge in [0.15, 0.2) is 0 Å². The third-order valence-corrected chi connectivity index (χ3v) is 10.6. The largest absolute Gasteiger partial charge is 1.00 e. The number of halogens is 2. The minimum Gasteiger partial charge on any atom is -1.00 e. The second-order valence-corrected chi connectivity index (χ2v) is 17.6. The number of benzene rings is 3. The Balaban J connectivity index is 0.000000228. The standard InChI is InChI=1S/C25H25.C12H19.C8H8.2ClH.Zr/c1-14-12-24(3,4)22-8-16-7-17-9-23-19(15(2)13-25(23,5)6)11-21(17)20(16)10-18(14)22;1-6-10-7-9(2)8-11(10)12(3,4)5;1-2-8-6-4-3-5-7-8;;;/h7-13H,1-6H3;8-9H,6H2,1-5H3;3-7H,1H3;2*1H;/q2*-1;;;;+2/p-2. The third kappa shape index (κ3) is 8.06. The molecule has 0 bridgehead atoms. The van der Waals surface area contributed by atoms with Gasteiger partial charge in [0.2, 0.25) is 0 Å². The van der Waals surface area contributed by atoms with E-state index in [4.69, 9.17) is 0 Å². The molecule has 0 amide bonds. The van der Waals surface area contributed by atoms with Crippen molar-refractivity contribution >= 4 is 35.9 Å². The smallest absolute Gasteiger partial charge is 1.00 e. The summed E-state index contributed by atoms with van der Waals surface area (Å²) in [5.41, 5.74) is 13.5. The first-order chi connectivity index (χ1) is 21.4. The number of hydrogen-bond donors (Lipinski definition) is 0. The molecule has 7 rings (SSSR count). The molecule has 0 fully saturated rings. The van der Waals surface area contributed by atoms with Gasteiger partial charge in [0.1, 0.15) is 0 Å². The molecule has 4 aromatic carbocycles. The molecule has 3 aliphatic rings. The summed E-state index contributed by atoms with van der Waals surface area (Å²) >= 11 is 1.51. The molecule has 0 spiro atoms.